The molecule has 3 saturated heterocycles. The van der Waals surface area contributed by atoms with Crippen LogP contribution < -0.4 is 0 Å². The molecule has 1 amide bonds. The normalized spacial score (nSPS) is 28.7. The van der Waals surface area contributed by atoms with E-state index >= 15 is 0 Å². The number of piperidine rings is 3. The quantitative estimate of drug-likeness (QED) is 0.800. The summed E-state index contributed by atoms with van der Waals surface area (Å²) in [6.07, 6.45) is 4.37. The fourth-order valence-electron chi connectivity index (χ4n) is 4.85. The van der Waals surface area contributed by atoms with Gasteiger partial charge in [-0.3, -0.25) is 14.8 Å². The van der Waals surface area contributed by atoms with E-state index in [0.29, 0.717) is 12.5 Å². The van der Waals surface area contributed by atoms with Crippen molar-refractivity contribution in [3.8, 4) is 0 Å². The van der Waals surface area contributed by atoms with Crippen molar-refractivity contribution in [3.63, 3.8) is 0 Å². The number of aromatic nitrogens is 1. The first-order valence-electron chi connectivity index (χ1n) is 10.1. The Kier molecular flexibility index (Phi) is 4.51. The van der Waals surface area contributed by atoms with E-state index in [9.17, 15) is 9.18 Å². The molecule has 2 bridgehead atoms. The largest absolute Gasteiger partial charge is 0.444 e. The summed E-state index contributed by atoms with van der Waals surface area (Å²) in [7, 11) is 0. The van der Waals surface area contributed by atoms with Gasteiger partial charge < -0.3 is 4.74 Å². The summed E-state index contributed by atoms with van der Waals surface area (Å²) in [5.74, 6) is 0.177. The van der Waals surface area contributed by atoms with Gasteiger partial charge in [0.25, 0.3) is 0 Å². The zero-order valence-electron chi connectivity index (χ0n) is 15.8. The summed E-state index contributed by atoms with van der Waals surface area (Å²) >= 11 is 0. The van der Waals surface area contributed by atoms with Crippen molar-refractivity contribution in [2.75, 3.05) is 26.2 Å². The van der Waals surface area contributed by atoms with Gasteiger partial charge in [-0.25, -0.2) is 9.18 Å². The fraction of sp³-hybridized carbons (Fsp3) is 0.455. The number of benzene rings is 1. The van der Waals surface area contributed by atoms with Crippen LogP contribution in [0, 0.1) is 11.7 Å². The first-order chi connectivity index (χ1) is 13.7. The number of carbonyl (C=O) groups is 1. The molecule has 0 N–H and O–H groups in total. The lowest BCUT2D eigenvalue weighted by Crippen LogP contribution is -2.53. The second-order valence-electron chi connectivity index (χ2n) is 8.01. The zero-order chi connectivity index (χ0) is 19.1. The van der Waals surface area contributed by atoms with Crippen molar-refractivity contribution < 1.29 is 13.9 Å². The summed E-state index contributed by atoms with van der Waals surface area (Å²) < 4.78 is 19.5. The standard InChI is InChI=1S/C22H24FN3O2/c23-18-5-3-17(4-6-18)21-20-16(2-1-10-24-20)9-13-26(21)22(27)28-19-14-25-11-7-15(19)8-12-25/h1-6,10,15,19,21H,7-9,11-14H2/t19-,21-/m1/s1. The first-order valence-corrected chi connectivity index (χ1v) is 10.1. The van der Waals surface area contributed by atoms with Crippen molar-refractivity contribution >= 4 is 6.09 Å². The third-order valence-electron chi connectivity index (χ3n) is 6.39. The molecular formula is C22H24FN3O2. The Morgan fingerprint density at radius 1 is 1.11 bits per heavy atom. The third-order valence-corrected chi connectivity index (χ3v) is 6.39. The Labute approximate surface area is 164 Å². The molecular weight excluding hydrogens is 357 g/mol. The monoisotopic (exact) mass is 381 g/mol. The maximum atomic E-state index is 13.5. The molecule has 4 aliphatic rings. The topological polar surface area (TPSA) is 45.7 Å². The molecule has 5 heterocycles. The van der Waals surface area contributed by atoms with E-state index in [1.807, 2.05) is 6.07 Å². The number of pyridine rings is 1. The van der Waals surface area contributed by atoms with Gasteiger partial charge >= 0.3 is 6.09 Å². The molecule has 2 atom stereocenters. The van der Waals surface area contributed by atoms with Gasteiger partial charge in [-0.15, -0.1) is 0 Å². The van der Waals surface area contributed by atoms with Crippen LogP contribution >= 0.6 is 0 Å². The van der Waals surface area contributed by atoms with Gasteiger partial charge in [-0.1, -0.05) is 18.2 Å². The molecule has 3 fully saturated rings. The SMILES string of the molecule is O=C(O[C@@H]1CN2CCC1CC2)N1CCc2cccnc2[C@H]1c1ccc(F)cc1. The molecule has 146 valence electrons. The number of amides is 1. The number of fused-ring (bicyclic) bond motifs is 4. The second kappa shape index (κ2) is 7.17. The van der Waals surface area contributed by atoms with Crippen LogP contribution in [0.2, 0.25) is 0 Å². The molecule has 0 saturated carbocycles. The van der Waals surface area contributed by atoms with E-state index in [0.717, 1.165) is 55.7 Å². The summed E-state index contributed by atoms with van der Waals surface area (Å²) in [6, 6.07) is 9.96. The van der Waals surface area contributed by atoms with Gasteiger partial charge in [-0.05, 0) is 67.6 Å². The Morgan fingerprint density at radius 3 is 2.61 bits per heavy atom. The minimum atomic E-state index is -0.348. The summed E-state index contributed by atoms with van der Waals surface area (Å²) in [6.45, 7) is 3.62. The van der Waals surface area contributed by atoms with Crippen LogP contribution in [0.5, 0.6) is 0 Å². The average Bonchev–Trinajstić information content (AvgIpc) is 2.74. The van der Waals surface area contributed by atoms with Gasteiger partial charge in [0.15, 0.2) is 0 Å². The number of ether oxygens (including phenoxy) is 1. The summed E-state index contributed by atoms with van der Waals surface area (Å²) in [5, 5.41) is 0. The van der Waals surface area contributed by atoms with Gasteiger partial charge in [0, 0.05) is 19.3 Å². The van der Waals surface area contributed by atoms with Crippen LogP contribution in [0.15, 0.2) is 42.6 Å². The smallest absolute Gasteiger partial charge is 0.410 e. The van der Waals surface area contributed by atoms with Gasteiger partial charge in [-0.2, -0.15) is 0 Å². The number of carbonyl (C=O) groups excluding carboxylic acids is 1. The Morgan fingerprint density at radius 2 is 1.89 bits per heavy atom. The van der Waals surface area contributed by atoms with Crippen molar-refractivity contribution in [2.24, 2.45) is 5.92 Å². The van der Waals surface area contributed by atoms with Gasteiger partial charge in [0.1, 0.15) is 18.0 Å². The van der Waals surface area contributed by atoms with Crippen LogP contribution in [-0.4, -0.2) is 53.2 Å². The minimum absolute atomic E-state index is 0.0333. The lowest BCUT2D eigenvalue weighted by atomic mass is 9.86. The highest BCUT2D eigenvalue weighted by Crippen LogP contribution is 2.36. The highest BCUT2D eigenvalue weighted by atomic mass is 19.1. The lowest BCUT2D eigenvalue weighted by Gasteiger charge is -2.45. The lowest BCUT2D eigenvalue weighted by molar-refractivity contribution is -0.0464. The maximum Gasteiger partial charge on any atom is 0.410 e. The molecule has 0 unspecified atom stereocenters. The van der Waals surface area contributed by atoms with E-state index in [4.69, 9.17) is 4.74 Å². The Hall–Kier alpha value is -2.47. The molecule has 2 aromatic rings. The predicted molar refractivity (Wildman–Crippen MR) is 102 cm³/mol. The highest BCUT2D eigenvalue weighted by molar-refractivity contribution is 5.70. The number of halogens is 1. The van der Waals surface area contributed by atoms with E-state index in [1.165, 1.54) is 12.1 Å². The molecule has 0 spiro atoms. The van der Waals surface area contributed by atoms with E-state index < -0.39 is 0 Å². The maximum absolute atomic E-state index is 13.5. The third kappa shape index (κ3) is 3.15. The van der Waals surface area contributed by atoms with Gasteiger partial charge in [0.05, 0.1) is 5.69 Å². The number of hydrogen-bond acceptors (Lipinski definition) is 4. The van der Waals surface area contributed by atoms with E-state index in [2.05, 4.69) is 16.0 Å². The Bertz CT molecular complexity index is 864. The number of nitrogens with zero attached hydrogens (tertiary/aromatic N) is 3. The van der Waals surface area contributed by atoms with E-state index in [-0.39, 0.29) is 24.1 Å². The van der Waals surface area contributed by atoms with Crippen molar-refractivity contribution in [2.45, 2.75) is 31.4 Å². The molecule has 1 aromatic heterocycles. The molecule has 0 radical (unpaired) electrons. The van der Waals surface area contributed by atoms with E-state index in [1.54, 1.807) is 23.2 Å². The number of hydrogen-bond donors (Lipinski definition) is 0. The number of rotatable bonds is 2. The Balaban J connectivity index is 1.43. The van der Waals surface area contributed by atoms with Crippen LogP contribution in [0.3, 0.4) is 0 Å². The molecule has 6 heteroatoms. The summed E-state index contributed by atoms with van der Waals surface area (Å²) in [5.41, 5.74) is 2.84. The molecule has 1 aromatic carbocycles. The molecule has 0 aliphatic carbocycles. The fourth-order valence-corrected chi connectivity index (χ4v) is 4.85. The zero-order valence-corrected chi connectivity index (χ0v) is 15.8. The highest BCUT2D eigenvalue weighted by Gasteiger charge is 2.40. The average molecular weight is 381 g/mol. The van der Waals surface area contributed by atoms with Crippen molar-refractivity contribution in [3.05, 3.63) is 65.2 Å². The molecule has 4 aliphatic heterocycles. The molecule has 6 rings (SSSR count). The van der Waals surface area contributed by atoms with Crippen LogP contribution in [0.1, 0.15) is 35.7 Å². The summed E-state index contributed by atoms with van der Waals surface area (Å²) in [4.78, 5) is 21.9. The van der Waals surface area contributed by atoms with Crippen molar-refractivity contribution in [1.29, 1.82) is 0 Å². The molecule has 28 heavy (non-hydrogen) atoms. The second-order valence-corrected chi connectivity index (χ2v) is 8.01. The van der Waals surface area contributed by atoms with Crippen LogP contribution in [-0.2, 0) is 11.2 Å². The molecule has 5 nitrogen and oxygen atoms in total. The van der Waals surface area contributed by atoms with Crippen LogP contribution in [0.25, 0.3) is 0 Å². The van der Waals surface area contributed by atoms with Crippen molar-refractivity contribution in [1.82, 2.24) is 14.8 Å². The first kappa shape index (κ1) is 17.6. The minimum Gasteiger partial charge on any atom is -0.444 e. The van der Waals surface area contributed by atoms with Crippen LogP contribution in [0.4, 0.5) is 9.18 Å². The predicted octanol–water partition coefficient (Wildman–Crippen LogP) is 3.40. The van der Waals surface area contributed by atoms with Gasteiger partial charge in [0.2, 0.25) is 0 Å².